The van der Waals surface area contributed by atoms with Crippen LogP contribution in [0.4, 0.5) is 5.69 Å². The highest BCUT2D eigenvalue weighted by Gasteiger charge is 2.69. The number of aliphatic hydroxyl groups is 2. The van der Waals surface area contributed by atoms with E-state index in [9.17, 15) is 34.5 Å². The summed E-state index contributed by atoms with van der Waals surface area (Å²) in [6, 6.07) is 0.795. The van der Waals surface area contributed by atoms with Crippen LogP contribution in [0, 0.1) is 23.7 Å². The maximum Gasteiger partial charge on any atom is 0.301 e. The molecule has 0 bridgehead atoms. The van der Waals surface area contributed by atoms with Crippen LogP contribution >= 0.6 is 0 Å². The van der Waals surface area contributed by atoms with Crippen molar-refractivity contribution in [2.75, 3.05) is 33.1 Å². The van der Waals surface area contributed by atoms with Crippen molar-refractivity contribution >= 4 is 28.9 Å². The lowest BCUT2D eigenvalue weighted by atomic mass is 9.52. The number of nitrogens with two attached hydrogens (primary N) is 1. The van der Waals surface area contributed by atoms with Gasteiger partial charge in [0.05, 0.1) is 17.6 Å². The van der Waals surface area contributed by atoms with E-state index in [2.05, 4.69) is 5.32 Å². The van der Waals surface area contributed by atoms with Crippen molar-refractivity contribution in [3.05, 3.63) is 34.8 Å². The number of phenols is 1. The van der Waals surface area contributed by atoms with Crippen LogP contribution in [0.5, 0.6) is 5.75 Å². The number of nitrogens with zero attached hydrogens (tertiary/aromatic N) is 2. The van der Waals surface area contributed by atoms with Gasteiger partial charge in [0.2, 0.25) is 5.91 Å². The maximum absolute atomic E-state index is 14.1. The number of carbonyl (C=O) groups excluding carboxylic acids is 4. The van der Waals surface area contributed by atoms with Gasteiger partial charge < -0.3 is 40.3 Å². The van der Waals surface area contributed by atoms with E-state index in [0.717, 1.165) is 0 Å². The van der Waals surface area contributed by atoms with Gasteiger partial charge in [0, 0.05) is 43.9 Å². The van der Waals surface area contributed by atoms with Crippen molar-refractivity contribution < 1.29 is 44.0 Å². The van der Waals surface area contributed by atoms with E-state index in [4.69, 9.17) is 15.2 Å². The van der Waals surface area contributed by atoms with Crippen LogP contribution in [0.15, 0.2) is 18.1 Å². The summed E-state index contributed by atoms with van der Waals surface area (Å²) in [6.07, 6.45) is -0.620. The first-order valence-corrected chi connectivity index (χ1v) is 13.5. The topological polar surface area (TPSA) is 192 Å². The van der Waals surface area contributed by atoms with Crippen LogP contribution in [0.3, 0.4) is 0 Å². The fourth-order valence-corrected chi connectivity index (χ4v) is 7.12. The molecule has 8 atom stereocenters. The van der Waals surface area contributed by atoms with Crippen LogP contribution in [-0.2, 0) is 36.8 Å². The van der Waals surface area contributed by atoms with E-state index >= 15 is 0 Å². The summed E-state index contributed by atoms with van der Waals surface area (Å²) in [5.74, 6) is -8.81. The molecule has 1 aliphatic heterocycles. The summed E-state index contributed by atoms with van der Waals surface area (Å²) in [6.45, 7) is 1.79. The number of hydrogen-bond donors (Lipinski definition) is 5. The molecule has 222 valence electrons. The van der Waals surface area contributed by atoms with Crippen molar-refractivity contribution in [1.82, 2.24) is 10.2 Å². The van der Waals surface area contributed by atoms with Crippen LogP contribution in [-0.4, -0.2) is 95.8 Å². The summed E-state index contributed by atoms with van der Waals surface area (Å²) in [5.41, 5.74) is 4.24. The lowest BCUT2D eigenvalue weighted by Crippen LogP contribution is -2.75. The number of benzene rings is 1. The number of aliphatic hydroxyl groups excluding tert-OH is 1. The van der Waals surface area contributed by atoms with Gasteiger partial charge in [-0.25, -0.2) is 5.32 Å². The van der Waals surface area contributed by atoms with Gasteiger partial charge in [-0.05, 0) is 51.4 Å². The first-order valence-electron chi connectivity index (χ1n) is 13.5. The molecule has 1 amide bonds. The molecule has 3 aliphatic carbocycles. The van der Waals surface area contributed by atoms with Crippen LogP contribution < -0.4 is 16.0 Å². The van der Waals surface area contributed by atoms with E-state index in [-0.39, 0.29) is 30.7 Å². The molecule has 1 aromatic rings. The maximum atomic E-state index is 14.1. The van der Waals surface area contributed by atoms with E-state index in [1.54, 1.807) is 51.0 Å². The number of anilines is 1. The first kappa shape index (κ1) is 29.0. The number of amides is 1. The van der Waals surface area contributed by atoms with Gasteiger partial charge in [0.1, 0.15) is 23.7 Å². The van der Waals surface area contributed by atoms with Crippen molar-refractivity contribution in [1.29, 1.82) is 0 Å². The molecule has 2 saturated carbocycles. The molecule has 13 nitrogen and oxygen atoms in total. The number of phenolic OH excluding ortho intramolecular Hbond substituents is 1. The Labute approximate surface area is 236 Å². The van der Waals surface area contributed by atoms with Gasteiger partial charge in [0.25, 0.3) is 0 Å². The number of ether oxygens (including phenoxy) is 2. The Morgan fingerprint density at radius 1 is 1.20 bits per heavy atom. The molecule has 1 heterocycles. The highest BCUT2D eigenvalue weighted by molar-refractivity contribution is 6.25. The largest absolute Gasteiger partial charge is 0.507 e. The predicted octanol–water partition coefficient (Wildman–Crippen LogP) is -0.994. The van der Waals surface area contributed by atoms with E-state index in [1.165, 1.54) is 6.26 Å². The number of ketones is 3. The third kappa shape index (κ3) is 4.30. The third-order valence-electron chi connectivity index (χ3n) is 8.94. The Bertz CT molecular complexity index is 1360. The fourth-order valence-electron chi connectivity index (χ4n) is 7.12. The van der Waals surface area contributed by atoms with Gasteiger partial charge in [-0.1, -0.05) is 0 Å². The number of likely N-dealkylation sites (N-methyl/N-ethyl adjacent to an activating group) is 1. The summed E-state index contributed by atoms with van der Waals surface area (Å²) < 4.78 is 10.8. The van der Waals surface area contributed by atoms with Crippen LogP contribution in [0.1, 0.15) is 34.8 Å². The van der Waals surface area contributed by atoms with Gasteiger partial charge in [-0.2, -0.15) is 0 Å². The lowest BCUT2D eigenvalue weighted by molar-refractivity contribution is -0.190. The lowest BCUT2D eigenvalue weighted by Gasteiger charge is -2.55. The molecule has 4 aliphatic rings. The second kappa shape index (κ2) is 10.1. The number of nitrogens with one attached hydrogen (secondary N) is 1. The van der Waals surface area contributed by atoms with E-state index in [0.29, 0.717) is 22.6 Å². The molecule has 1 aromatic carbocycles. The molecular formula is C28H36N4O9. The minimum absolute atomic E-state index is 0.0499. The molecule has 0 aromatic heterocycles. The fraction of sp³-hybridized carbons (Fsp3) is 0.571. The first-order chi connectivity index (χ1) is 19.2. The minimum Gasteiger partial charge on any atom is -0.507 e. The highest BCUT2D eigenvalue weighted by Crippen LogP contribution is 2.52. The van der Waals surface area contributed by atoms with Crippen molar-refractivity contribution in [2.45, 2.75) is 50.5 Å². The van der Waals surface area contributed by atoms with Crippen LogP contribution in [0.2, 0.25) is 0 Å². The number of fused-ring (bicyclic) bond motifs is 3. The van der Waals surface area contributed by atoms with Gasteiger partial charge in [0.15, 0.2) is 23.0 Å². The SMILES string of the molecule is CC1=COC(NCc2cc(N(C)C)c3c(c2O)C(=O)C2C(=O)[C@@]4(O)C(=O)C(C(N)=O)C(O)C(N(C)C)[C@H]4C[C@H]2C3)O1. The zero-order valence-corrected chi connectivity index (χ0v) is 23.6. The molecule has 0 radical (unpaired) electrons. The molecule has 2 fully saturated rings. The number of Topliss-reactive ketones (excluding diaryl/α,β-unsaturated/α-hetero) is 3. The highest BCUT2D eigenvalue weighted by atomic mass is 16.7. The normalized spacial score (nSPS) is 34.3. The molecule has 5 unspecified atom stereocenters. The summed E-state index contributed by atoms with van der Waals surface area (Å²) in [5, 5.41) is 37.1. The standard InChI is InChI=1S/C28H36N4O9/c1-11-10-40-27(41-11)30-9-13-8-16(31(2)3)14-6-12-7-15-20(32(4)5)23(35)19(26(29)38)25(37)28(15,39)24(36)17(12)22(34)18(14)21(13)33/h8,10,12,15,17,19-20,23,27,30,33,35,39H,6-7,9H2,1-5H3,(H2,29,38)/t12-,15-,17?,19?,20?,23?,27?,28-/m1/s1. The summed E-state index contributed by atoms with van der Waals surface area (Å²) >= 11 is 0. The van der Waals surface area contributed by atoms with Crippen molar-refractivity contribution in [3.8, 4) is 5.75 Å². The Kier molecular flexibility index (Phi) is 7.13. The third-order valence-corrected chi connectivity index (χ3v) is 8.94. The number of hydrogen-bond acceptors (Lipinski definition) is 12. The predicted molar refractivity (Wildman–Crippen MR) is 143 cm³/mol. The van der Waals surface area contributed by atoms with Gasteiger partial charge >= 0.3 is 6.41 Å². The number of primary amides is 1. The Morgan fingerprint density at radius 2 is 1.88 bits per heavy atom. The Balaban J connectivity index is 1.57. The number of carbonyl (C=O) groups is 4. The number of rotatable bonds is 6. The second-order valence-electron chi connectivity index (χ2n) is 11.8. The zero-order chi connectivity index (χ0) is 30.1. The minimum atomic E-state index is -2.70. The average Bonchev–Trinajstić information content (AvgIpc) is 3.30. The second-order valence-corrected chi connectivity index (χ2v) is 11.8. The van der Waals surface area contributed by atoms with Gasteiger partial charge in [-0.15, -0.1) is 0 Å². The van der Waals surface area contributed by atoms with Crippen molar-refractivity contribution in [2.24, 2.45) is 29.4 Å². The van der Waals surface area contributed by atoms with Crippen molar-refractivity contribution in [3.63, 3.8) is 0 Å². The average molecular weight is 573 g/mol. The summed E-state index contributed by atoms with van der Waals surface area (Å²) in [4.78, 5) is 57.2. The Morgan fingerprint density at radius 3 is 2.44 bits per heavy atom. The van der Waals surface area contributed by atoms with Crippen LogP contribution in [0.25, 0.3) is 0 Å². The Hall–Kier alpha value is -3.52. The molecule has 6 N–H and O–H groups in total. The monoisotopic (exact) mass is 572 g/mol. The van der Waals surface area contributed by atoms with E-state index < -0.39 is 71.1 Å². The number of allylic oxidation sites excluding steroid dienone is 1. The number of aromatic hydroxyl groups is 1. The summed E-state index contributed by atoms with van der Waals surface area (Å²) in [7, 11) is 6.81. The smallest absolute Gasteiger partial charge is 0.301 e. The molecule has 0 saturated heterocycles. The van der Waals surface area contributed by atoms with E-state index in [1.807, 2.05) is 0 Å². The molecule has 0 spiro atoms. The molecule has 13 heteroatoms. The van der Waals surface area contributed by atoms with Gasteiger partial charge in [-0.3, -0.25) is 19.2 Å². The molecule has 41 heavy (non-hydrogen) atoms. The quantitative estimate of drug-likeness (QED) is 0.262. The molecular weight excluding hydrogens is 536 g/mol. The molecule has 5 rings (SSSR count). The zero-order valence-electron chi connectivity index (χ0n) is 23.6.